The Kier molecular flexibility index (Phi) is 4.59. The molecule has 2 aromatic heterocycles. The van der Waals surface area contributed by atoms with Crippen molar-refractivity contribution in [2.75, 3.05) is 0 Å². The molecule has 6 nitrogen and oxygen atoms in total. The summed E-state index contributed by atoms with van der Waals surface area (Å²) in [5.41, 5.74) is 2.66. The molecule has 2 heterocycles. The van der Waals surface area contributed by atoms with Crippen molar-refractivity contribution in [2.24, 2.45) is 0 Å². The second-order valence-electron chi connectivity index (χ2n) is 7.02. The maximum absolute atomic E-state index is 13.6. The summed E-state index contributed by atoms with van der Waals surface area (Å²) >= 11 is 0. The molecule has 0 bridgehead atoms. The van der Waals surface area contributed by atoms with Crippen LogP contribution in [0.3, 0.4) is 0 Å². The van der Waals surface area contributed by atoms with Gasteiger partial charge in [0.1, 0.15) is 5.69 Å². The summed E-state index contributed by atoms with van der Waals surface area (Å²) in [7, 11) is 0. The van der Waals surface area contributed by atoms with Crippen LogP contribution in [0.15, 0.2) is 48.8 Å². The molecule has 1 aliphatic carbocycles. The molecule has 1 N–H and O–H groups in total. The molecule has 29 heavy (non-hydrogen) atoms. The molecule has 4 rings (SSSR count). The minimum atomic E-state index is -3.04. The maximum Gasteiger partial charge on any atom is 0.287 e. The Bertz CT molecular complexity index is 1130. The third kappa shape index (κ3) is 3.72. The fourth-order valence-corrected chi connectivity index (χ4v) is 3.40. The molecule has 0 aliphatic heterocycles. The number of carbonyl (C=O) groups is 1. The van der Waals surface area contributed by atoms with Crippen molar-refractivity contribution in [3.05, 3.63) is 76.9 Å². The third-order valence-electron chi connectivity index (χ3n) is 4.89. The van der Waals surface area contributed by atoms with Crippen molar-refractivity contribution in [3.8, 4) is 11.8 Å². The van der Waals surface area contributed by atoms with Gasteiger partial charge in [0, 0.05) is 30.4 Å². The summed E-state index contributed by atoms with van der Waals surface area (Å²) in [6, 6.07) is 11.2. The number of fused-ring (bicyclic) bond motifs is 1. The number of aromatic nitrogens is 3. The van der Waals surface area contributed by atoms with Crippen molar-refractivity contribution < 1.29 is 13.6 Å². The molecule has 0 spiro atoms. The van der Waals surface area contributed by atoms with Crippen LogP contribution in [0.5, 0.6) is 0 Å². The van der Waals surface area contributed by atoms with Gasteiger partial charge in [0.2, 0.25) is 0 Å². The van der Waals surface area contributed by atoms with Gasteiger partial charge >= 0.3 is 0 Å². The van der Waals surface area contributed by atoms with Gasteiger partial charge in [0.25, 0.3) is 11.8 Å². The lowest BCUT2D eigenvalue weighted by Crippen LogP contribution is -2.27. The number of pyridine rings is 1. The van der Waals surface area contributed by atoms with Gasteiger partial charge in [0.15, 0.2) is 0 Å². The highest BCUT2D eigenvalue weighted by molar-refractivity contribution is 5.94. The van der Waals surface area contributed by atoms with E-state index in [1.807, 2.05) is 6.07 Å². The van der Waals surface area contributed by atoms with E-state index in [0.29, 0.717) is 29.7 Å². The molecule has 1 amide bonds. The molecule has 146 valence electrons. The number of halogens is 2. The van der Waals surface area contributed by atoms with Crippen molar-refractivity contribution in [3.63, 3.8) is 0 Å². The highest BCUT2D eigenvalue weighted by Crippen LogP contribution is 2.32. The maximum atomic E-state index is 13.6. The van der Waals surface area contributed by atoms with Crippen LogP contribution < -0.4 is 5.32 Å². The second kappa shape index (κ2) is 7.09. The SMILES string of the molecule is CC(F)(F)c1cc(-n2cc3c(n2)CCC3NC(=O)c2cccc(C#N)c2)ccn1. The average Bonchev–Trinajstić information content (AvgIpc) is 3.29. The van der Waals surface area contributed by atoms with Gasteiger partial charge in [0.05, 0.1) is 29.1 Å². The summed E-state index contributed by atoms with van der Waals surface area (Å²) in [6.07, 6.45) is 4.46. The molecular formula is C21H17F2N5O. The Labute approximate surface area is 165 Å². The number of carbonyl (C=O) groups excluding carboxylic acids is 1. The van der Waals surface area contributed by atoms with E-state index in [9.17, 15) is 13.6 Å². The number of hydrogen-bond donors (Lipinski definition) is 1. The number of rotatable bonds is 4. The minimum absolute atomic E-state index is 0.231. The van der Waals surface area contributed by atoms with E-state index < -0.39 is 5.92 Å². The molecular weight excluding hydrogens is 376 g/mol. The summed E-state index contributed by atoms with van der Waals surface area (Å²) < 4.78 is 28.7. The van der Waals surface area contributed by atoms with Crippen LogP contribution in [0, 0.1) is 11.3 Å². The van der Waals surface area contributed by atoms with Crippen molar-refractivity contribution in [2.45, 2.75) is 31.7 Å². The molecule has 0 radical (unpaired) electrons. The predicted octanol–water partition coefficient (Wildman–Crippen LogP) is 3.67. The van der Waals surface area contributed by atoms with Gasteiger partial charge in [-0.15, -0.1) is 0 Å². The number of amides is 1. The van der Waals surface area contributed by atoms with Crippen LogP contribution in [0.2, 0.25) is 0 Å². The standard InChI is InChI=1S/C21H17F2N5O/c1-21(22,23)19-10-15(7-8-25-19)28-12-16-17(5-6-18(16)27-28)26-20(29)14-4-2-3-13(9-14)11-24/h2-4,7-10,12,17H,5-6H2,1H3,(H,26,29). The van der Waals surface area contributed by atoms with Crippen LogP contribution in [0.1, 0.15) is 52.3 Å². The number of hydrogen-bond acceptors (Lipinski definition) is 4. The normalized spacial score (nSPS) is 15.6. The fraction of sp³-hybridized carbons (Fsp3) is 0.238. The first-order valence-corrected chi connectivity index (χ1v) is 9.09. The number of alkyl halides is 2. The van der Waals surface area contributed by atoms with E-state index >= 15 is 0 Å². The lowest BCUT2D eigenvalue weighted by atomic mass is 10.1. The van der Waals surface area contributed by atoms with Gasteiger partial charge in [-0.3, -0.25) is 9.78 Å². The Balaban J connectivity index is 1.57. The van der Waals surface area contributed by atoms with E-state index in [4.69, 9.17) is 5.26 Å². The van der Waals surface area contributed by atoms with Crippen LogP contribution in [-0.4, -0.2) is 20.7 Å². The molecule has 1 aliphatic rings. The third-order valence-corrected chi connectivity index (χ3v) is 4.89. The largest absolute Gasteiger partial charge is 0.345 e. The summed E-state index contributed by atoms with van der Waals surface area (Å²) in [5.74, 6) is -3.31. The first-order valence-electron chi connectivity index (χ1n) is 9.09. The van der Waals surface area contributed by atoms with Gasteiger partial charge < -0.3 is 5.32 Å². The second-order valence-corrected chi connectivity index (χ2v) is 7.02. The van der Waals surface area contributed by atoms with Gasteiger partial charge in [-0.25, -0.2) is 4.68 Å². The quantitative estimate of drug-likeness (QED) is 0.733. The number of nitrogens with one attached hydrogen (secondary N) is 1. The molecule has 0 saturated heterocycles. The zero-order valence-electron chi connectivity index (χ0n) is 15.6. The molecule has 0 saturated carbocycles. The molecule has 3 aromatic rings. The van der Waals surface area contributed by atoms with E-state index in [1.165, 1.54) is 23.0 Å². The van der Waals surface area contributed by atoms with Crippen LogP contribution in [0.25, 0.3) is 5.69 Å². The van der Waals surface area contributed by atoms with Gasteiger partial charge in [-0.05, 0) is 43.2 Å². The number of nitrogens with zero attached hydrogens (tertiary/aromatic N) is 4. The lowest BCUT2D eigenvalue weighted by molar-refractivity contribution is 0.0127. The van der Waals surface area contributed by atoms with Crippen molar-refractivity contribution in [1.29, 1.82) is 5.26 Å². The van der Waals surface area contributed by atoms with E-state index in [0.717, 1.165) is 18.2 Å². The average molecular weight is 393 g/mol. The number of nitriles is 1. The van der Waals surface area contributed by atoms with Crippen LogP contribution >= 0.6 is 0 Å². The zero-order chi connectivity index (χ0) is 20.6. The highest BCUT2D eigenvalue weighted by atomic mass is 19.3. The molecule has 1 aromatic carbocycles. The minimum Gasteiger partial charge on any atom is -0.345 e. The topological polar surface area (TPSA) is 83.6 Å². The Morgan fingerprint density at radius 1 is 1.34 bits per heavy atom. The van der Waals surface area contributed by atoms with Crippen molar-refractivity contribution >= 4 is 5.91 Å². The van der Waals surface area contributed by atoms with Gasteiger partial charge in [-0.1, -0.05) is 6.07 Å². The van der Waals surface area contributed by atoms with Crippen LogP contribution in [-0.2, 0) is 12.3 Å². The monoisotopic (exact) mass is 393 g/mol. The fourth-order valence-electron chi connectivity index (χ4n) is 3.40. The zero-order valence-corrected chi connectivity index (χ0v) is 15.6. The molecule has 0 fully saturated rings. The first-order chi connectivity index (χ1) is 13.8. The predicted molar refractivity (Wildman–Crippen MR) is 101 cm³/mol. The summed E-state index contributed by atoms with van der Waals surface area (Å²) in [6.45, 7) is 0.801. The first kappa shape index (κ1) is 18.7. The number of benzene rings is 1. The number of aryl methyl sites for hydroxylation is 1. The van der Waals surface area contributed by atoms with E-state index in [1.54, 1.807) is 30.5 Å². The lowest BCUT2D eigenvalue weighted by Gasteiger charge is -2.13. The van der Waals surface area contributed by atoms with Crippen LogP contribution in [0.4, 0.5) is 8.78 Å². The van der Waals surface area contributed by atoms with E-state index in [-0.39, 0.29) is 17.6 Å². The summed E-state index contributed by atoms with van der Waals surface area (Å²) in [4.78, 5) is 16.3. The smallest absolute Gasteiger partial charge is 0.287 e. The Morgan fingerprint density at radius 3 is 2.93 bits per heavy atom. The molecule has 8 heteroatoms. The Morgan fingerprint density at radius 2 is 2.17 bits per heavy atom. The molecule has 1 atom stereocenters. The molecule has 1 unspecified atom stereocenters. The summed E-state index contributed by atoms with van der Waals surface area (Å²) in [5, 5.41) is 16.5. The van der Waals surface area contributed by atoms with E-state index in [2.05, 4.69) is 15.4 Å². The van der Waals surface area contributed by atoms with Gasteiger partial charge in [-0.2, -0.15) is 19.1 Å². The van der Waals surface area contributed by atoms with Crippen molar-refractivity contribution in [1.82, 2.24) is 20.1 Å². The highest BCUT2D eigenvalue weighted by Gasteiger charge is 2.29. The Hall–Kier alpha value is -3.60.